The van der Waals surface area contributed by atoms with Gasteiger partial charge in [-0.05, 0) is 31.0 Å². The molecule has 0 unspecified atom stereocenters. The first kappa shape index (κ1) is 18.1. The second-order valence-electron chi connectivity index (χ2n) is 6.17. The fourth-order valence-electron chi connectivity index (χ4n) is 2.99. The SMILES string of the molecule is O=C(Nc1nncs1)C1CCN(c2nc3cc(C(F)(F)F)ccc3s2)CC1. The van der Waals surface area contributed by atoms with Crippen LogP contribution in [0.5, 0.6) is 0 Å². The van der Waals surface area contributed by atoms with Crippen molar-refractivity contribution < 1.29 is 18.0 Å². The van der Waals surface area contributed by atoms with Crippen LogP contribution in [0.3, 0.4) is 0 Å². The largest absolute Gasteiger partial charge is 0.416 e. The molecule has 0 bridgehead atoms. The molecule has 0 aliphatic carbocycles. The fraction of sp³-hybridized carbons (Fsp3) is 0.375. The Labute approximate surface area is 160 Å². The number of aromatic nitrogens is 3. The van der Waals surface area contributed by atoms with Gasteiger partial charge in [0.2, 0.25) is 11.0 Å². The Morgan fingerprint density at radius 1 is 1.26 bits per heavy atom. The highest BCUT2D eigenvalue weighted by molar-refractivity contribution is 7.22. The summed E-state index contributed by atoms with van der Waals surface area (Å²) in [5, 5.41) is 11.4. The number of fused-ring (bicyclic) bond motifs is 1. The molecule has 142 valence electrons. The zero-order valence-electron chi connectivity index (χ0n) is 13.9. The number of hydrogen-bond acceptors (Lipinski definition) is 7. The zero-order chi connectivity index (χ0) is 19.0. The lowest BCUT2D eigenvalue weighted by Crippen LogP contribution is -2.38. The monoisotopic (exact) mass is 413 g/mol. The second kappa shape index (κ2) is 7.04. The summed E-state index contributed by atoms with van der Waals surface area (Å²) in [5.41, 5.74) is 1.20. The number of nitrogens with zero attached hydrogens (tertiary/aromatic N) is 4. The number of hydrogen-bond donors (Lipinski definition) is 1. The Morgan fingerprint density at radius 3 is 2.70 bits per heavy atom. The molecular formula is C16H14F3N5OS2. The number of carbonyl (C=O) groups excluding carboxylic acids is 1. The molecule has 1 saturated heterocycles. The van der Waals surface area contributed by atoms with E-state index in [4.69, 9.17) is 0 Å². The smallest absolute Gasteiger partial charge is 0.348 e. The van der Waals surface area contributed by atoms with Gasteiger partial charge in [-0.2, -0.15) is 13.2 Å². The Balaban J connectivity index is 1.42. The number of piperidine rings is 1. The maximum Gasteiger partial charge on any atom is 0.416 e. The molecule has 0 spiro atoms. The molecule has 1 aliphatic heterocycles. The number of rotatable bonds is 3. The summed E-state index contributed by atoms with van der Waals surface area (Å²) in [6.07, 6.45) is -3.08. The molecule has 6 nitrogen and oxygen atoms in total. The highest BCUT2D eigenvalue weighted by atomic mass is 32.1. The summed E-state index contributed by atoms with van der Waals surface area (Å²) >= 11 is 2.63. The molecular weight excluding hydrogens is 399 g/mol. The molecule has 0 saturated carbocycles. The van der Waals surface area contributed by atoms with Crippen LogP contribution in [0.2, 0.25) is 0 Å². The topological polar surface area (TPSA) is 71.0 Å². The summed E-state index contributed by atoms with van der Waals surface area (Å²) in [4.78, 5) is 18.7. The molecule has 11 heteroatoms. The number of nitrogens with one attached hydrogen (secondary N) is 1. The van der Waals surface area contributed by atoms with Crippen molar-refractivity contribution in [3.63, 3.8) is 0 Å². The minimum Gasteiger partial charge on any atom is -0.348 e. The van der Waals surface area contributed by atoms with E-state index in [1.54, 1.807) is 5.51 Å². The van der Waals surface area contributed by atoms with Crippen LogP contribution < -0.4 is 10.2 Å². The molecule has 27 heavy (non-hydrogen) atoms. The van der Waals surface area contributed by atoms with E-state index in [9.17, 15) is 18.0 Å². The number of benzene rings is 1. The van der Waals surface area contributed by atoms with Crippen LogP contribution in [-0.2, 0) is 11.0 Å². The van der Waals surface area contributed by atoms with Crippen LogP contribution in [0.25, 0.3) is 10.2 Å². The standard InChI is InChI=1S/C16H14F3N5OS2/c17-16(18,19)10-1-2-12-11(7-10)21-15(27-12)24-5-3-9(4-6-24)13(25)22-14-23-20-8-26-14/h1-2,7-9H,3-6H2,(H,22,23,25). The molecule has 0 radical (unpaired) electrons. The van der Waals surface area contributed by atoms with Gasteiger partial charge in [-0.15, -0.1) is 10.2 Å². The highest BCUT2D eigenvalue weighted by Gasteiger charge is 2.31. The summed E-state index contributed by atoms with van der Waals surface area (Å²) < 4.78 is 39.3. The third kappa shape index (κ3) is 3.88. The number of anilines is 2. The van der Waals surface area contributed by atoms with Crippen molar-refractivity contribution >= 4 is 49.1 Å². The van der Waals surface area contributed by atoms with Gasteiger partial charge in [0.25, 0.3) is 0 Å². The third-order valence-corrected chi connectivity index (χ3v) is 6.13. The molecule has 1 fully saturated rings. The van der Waals surface area contributed by atoms with Crippen molar-refractivity contribution in [2.24, 2.45) is 5.92 Å². The Hall–Kier alpha value is -2.27. The van der Waals surface area contributed by atoms with Gasteiger partial charge in [0, 0.05) is 19.0 Å². The van der Waals surface area contributed by atoms with Crippen molar-refractivity contribution in [1.82, 2.24) is 15.2 Å². The molecule has 1 aliphatic rings. The molecule has 1 amide bonds. The van der Waals surface area contributed by atoms with Crippen LogP contribution in [0.1, 0.15) is 18.4 Å². The van der Waals surface area contributed by atoms with E-state index in [-0.39, 0.29) is 11.8 Å². The number of halogens is 3. The summed E-state index contributed by atoms with van der Waals surface area (Å²) in [6.45, 7) is 1.25. The Kier molecular flexibility index (Phi) is 4.72. The van der Waals surface area contributed by atoms with Gasteiger partial charge in [0.05, 0.1) is 15.8 Å². The molecule has 3 heterocycles. The molecule has 1 N–H and O–H groups in total. The summed E-state index contributed by atoms with van der Waals surface area (Å²) in [7, 11) is 0. The van der Waals surface area contributed by atoms with Crippen molar-refractivity contribution in [2.45, 2.75) is 19.0 Å². The third-order valence-electron chi connectivity index (χ3n) is 4.43. The van der Waals surface area contributed by atoms with E-state index in [1.165, 1.54) is 28.7 Å². The quantitative estimate of drug-likeness (QED) is 0.702. The van der Waals surface area contributed by atoms with Crippen LogP contribution >= 0.6 is 22.7 Å². The predicted molar refractivity (Wildman–Crippen MR) is 98.1 cm³/mol. The Bertz CT molecular complexity index is 949. The van der Waals surface area contributed by atoms with Crippen molar-refractivity contribution in [3.05, 3.63) is 29.3 Å². The average molecular weight is 413 g/mol. The average Bonchev–Trinajstić information content (AvgIpc) is 3.29. The van der Waals surface area contributed by atoms with Gasteiger partial charge in [-0.1, -0.05) is 22.7 Å². The fourth-order valence-corrected chi connectivity index (χ4v) is 4.44. The summed E-state index contributed by atoms with van der Waals surface area (Å²) in [5.74, 6) is -0.207. The Morgan fingerprint density at radius 2 is 2.04 bits per heavy atom. The minimum absolute atomic E-state index is 0.0782. The molecule has 0 atom stereocenters. The molecule has 2 aromatic heterocycles. The lowest BCUT2D eigenvalue weighted by atomic mass is 9.96. The predicted octanol–water partition coefficient (Wildman–Crippen LogP) is 4.02. The van der Waals surface area contributed by atoms with E-state index in [1.807, 2.05) is 4.90 Å². The molecule has 4 rings (SSSR count). The van der Waals surface area contributed by atoms with E-state index in [0.717, 1.165) is 12.1 Å². The van der Waals surface area contributed by atoms with Gasteiger partial charge in [0.15, 0.2) is 5.13 Å². The van der Waals surface area contributed by atoms with Crippen molar-refractivity contribution in [2.75, 3.05) is 23.3 Å². The maximum absolute atomic E-state index is 12.9. The molecule has 3 aromatic rings. The van der Waals surface area contributed by atoms with E-state index < -0.39 is 11.7 Å². The van der Waals surface area contributed by atoms with Gasteiger partial charge in [-0.3, -0.25) is 4.79 Å². The van der Waals surface area contributed by atoms with Crippen LogP contribution in [0, 0.1) is 5.92 Å². The minimum atomic E-state index is -4.38. The van der Waals surface area contributed by atoms with E-state index >= 15 is 0 Å². The van der Waals surface area contributed by atoms with Crippen molar-refractivity contribution in [1.29, 1.82) is 0 Å². The highest BCUT2D eigenvalue weighted by Crippen LogP contribution is 2.36. The van der Waals surface area contributed by atoms with E-state index in [0.29, 0.717) is 46.4 Å². The van der Waals surface area contributed by atoms with Gasteiger partial charge in [-0.25, -0.2) is 4.98 Å². The maximum atomic E-state index is 12.9. The van der Waals surface area contributed by atoms with Crippen molar-refractivity contribution in [3.8, 4) is 0 Å². The van der Waals surface area contributed by atoms with Gasteiger partial charge < -0.3 is 10.2 Å². The van der Waals surface area contributed by atoms with Gasteiger partial charge >= 0.3 is 6.18 Å². The number of alkyl halides is 3. The lowest BCUT2D eigenvalue weighted by Gasteiger charge is -2.30. The zero-order valence-corrected chi connectivity index (χ0v) is 15.5. The lowest BCUT2D eigenvalue weighted by molar-refractivity contribution is -0.137. The van der Waals surface area contributed by atoms with Gasteiger partial charge in [0.1, 0.15) is 5.51 Å². The van der Waals surface area contributed by atoms with Crippen LogP contribution in [0.4, 0.5) is 23.4 Å². The first-order valence-electron chi connectivity index (χ1n) is 8.20. The van der Waals surface area contributed by atoms with Crippen LogP contribution in [0.15, 0.2) is 23.7 Å². The number of carbonyl (C=O) groups is 1. The van der Waals surface area contributed by atoms with Crippen LogP contribution in [-0.4, -0.2) is 34.2 Å². The van der Waals surface area contributed by atoms with E-state index in [2.05, 4.69) is 20.5 Å². The molecule has 1 aromatic carbocycles. The summed E-state index contributed by atoms with van der Waals surface area (Å²) in [6, 6.07) is 3.62. The second-order valence-corrected chi connectivity index (χ2v) is 8.01. The normalized spacial score (nSPS) is 16.0. The first-order chi connectivity index (χ1) is 12.9. The number of thiazole rings is 1. The first-order valence-corrected chi connectivity index (χ1v) is 9.89. The number of amides is 1.